The molecule has 1 aliphatic rings. The van der Waals surface area contributed by atoms with Gasteiger partial charge >= 0.3 is 0 Å². The van der Waals surface area contributed by atoms with E-state index in [1.165, 1.54) is 0 Å². The Kier molecular flexibility index (Phi) is 4.41. The third kappa shape index (κ3) is 2.75. The topological polar surface area (TPSA) is 34.0 Å². The van der Waals surface area contributed by atoms with E-state index in [1.807, 2.05) is 26.8 Å². The van der Waals surface area contributed by atoms with Crippen molar-refractivity contribution in [1.29, 1.82) is 0 Å². The zero-order chi connectivity index (χ0) is 16.2. The minimum Gasteiger partial charge on any atom is -0.342 e. The van der Waals surface area contributed by atoms with Crippen molar-refractivity contribution in [2.24, 2.45) is 0 Å². The van der Waals surface area contributed by atoms with E-state index < -0.39 is 11.0 Å². The third-order valence-corrected chi connectivity index (χ3v) is 6.91. The van der Waals surface area contributed by atoms with Crippen LogP contribution in [0.2, 0.25) is 10.0 Å². The number of aryl methyl sites for hydroxylation is 1. The van der Waals surface area contributed by atoms with Crippen molar-refractivity contribution >= 4 is 61.0 Å². The first-order chi connectivity index (χ1) is 10.2. The number of rotatable bonds is 2. The van der Waals surface area contributed by atoms with E-state index in [1.54, 1.807) is 0 Å². The van der Waals surface area contributed by atoms with Crippen LogP contribution >= 0.6 is 39.1 Å². The standard InChI is InChI=1S/C15H17BrCl2N2OS/c1-15(2,3)22(21)19-11-4-5-20-12(11)6-8-9(16)7-10(17)13(18)14(8)20/h6-7,11,19H,4-5H2,1-3H3/t11-,22?/m1/s1. The molecule has 3 nitrogen and oxygen atoms in total. The summed E-state index contributed by atoms with van der Waals surface area (Å²) in [5.41, 5.74) is 2.05. The van der Waals surface area contributed by atoms with Crippen molar-refractivity contribution in [2.75, 3.05) is 0 Å². The summed E-state index contributed by atoms with van der Waals surface area (Å²) < 4.78 is 18.4. The highest BCUT2D eigenvalue weighted by molar-refractivity contribution is 9.10. The van der Waals surface area contributed by atoms with Crippen LogP contribution in [-0.2, 0) is 17.5 Å². The molecule has 0 fully saturated rings. The van der Waals surface area contributed by atoms with Crippen LogP contribution in [0.1, 0.15) is 38.9 Å². The molecular weight excluding hydrogens is 407 g/mol. The highest BCUT2D eigenvalue weighted by atomic mass is 79.9. The Balaban J connectivity index is 2.06. The lowest BCUT2D eigenvalue weighted by Gasteiger charge is -2.21. The zero-order valence-corrected chi connectivity index (χ0v) is 16.5. The molecule has 0 amide bonds. The maximum atomic E-state index is 12.4. The quantitative estimate of drug-likeness (QED) is 0.661. The van der Waals surface area contributed by atoms with Crippen molar-refractivity contribution < 1.29 is 4.21 Å². The molecule has 1 aliphatic heterocycles. The summed E-state index contributed by atoms with van der Waals surface area (Å²) in [6.45, 7) is 6.74. The van der Waals surface area contributed by atoms with Crippen LogP contribution in [0.4, 0.5) is 0 Å². The minimum absolute atomic E-state index is 0.0641. The summed E-state index contributed by atoms with van der Waals surface area (Å²) in [4.78, 5) is 0. The number of benzene rings is 1. The minimum atomic E-state index is -1.11. The van der Waals surface area contributed by atoms with Gasteiger partial charge in [0.1, 0.15) is 0 Å². The number of aromatic nitrogens is 1. The van der Waals surface area contributed by atoms with E-state index in [0.29, 0.717) is 10.0 Å². The number of nitrogens with zero attached hydrogens (tertiary/aromatic N) is 1. The van der Waals surface area contributed by atoms with Gasteiger partial charge in [-0.25, -0.2) is 8.93 Å². The molecule has 7 heteroatoms. The van der Waals surface area contributed by atoms with Gasteiger partial charge in [0.15, 0.2) is 0 Å². The molecule has 1 N–H and O–H groups in total. The van der Waals surface area contributed by atoms with E-state index in [9.17, 15) is 4.21 Å². The molecule has 0 radical (unpaired) electrons. The largest absolute Gasteiger partial charge is 0.342 e. The molecule has 2 heterocycles. The molecule has 0 saturated carbocycles. The number of halogens is 3. The lowest BCUT2D eigenvalue weighted by molar-refractivity contribution is 0.594. The van der Waals surface area contributed by atoms with E-state index in [-0.39, 0.29) is 10.8 Å². The van der Waals surface area contributed by atoms with Gasteiger partial charge in [-0.1, -0.05) is 39.1 Å². The molecule has 22 heavy (non-hydrogen) atoms. The summed E-state index contributed by atoms with van der Waals surface area (Å²) >= 11 is 16.1. The van der Waals surface area contributed by atoms with Crippen molar-refractivity contribution in [1.82, 2.24) is 9.29 Å². The first kappa shape index (κ1) is 16.8. The van der Waals surface area contributed by atoms with Gasteiger partial charge in [-0.3, -0.25) is 0 Å². The molecule has 1 unspecified atom stereocenters. The molecule has 0 saturated heterocycles. The molecule has 0 aliphatic carbocycles. The van der Waals surface area contributed by atoms with Gasteiger partial charge in [-0.15, -0.1) is 0 Å². The van der Waals surface area contributed by atoms with E-state index >= 15 is 0 Å². The highest BCUT2D eigenvalue weighted by Crippen LogP contribution is 2.42. The molecule has 0 bridgehead atoms. The molecule has 2 atom stereocenters. The monoisotopic (exact) mass is 422 g/mol. The Morgan fingerprint density at radius 1 is 1.36 bits per heavy atom. The maximum Gasteiger partial charge on any atom is 0.0976 e. The summed E-state index contributed by atoms with van der Waals surface area (Å²) in [5, 5.41) is 2.15. The first-order valence-corrected chi connectivity index (χ1v) is 9.74. The van der Waals surface area contributed by atoms with Crippen LogP contribution < -0.4 is 4.72 Å². The van der Waals surface area contributed by atoms with Gasteiger partial charge in [-0.05, 0) is 39.3 Å². The SMILES string of the molecule is CC(C)(C)S(=O)N[C@@H]1CCn2c1cc1c(Br)cc(Cl)c(Cl)c12. The van der Waals surface area contributed by atoms with Crippen molar-refractivity contribution in [3.05, 3.63) is 32.3 Å². The van der Waals surface area contributed by atoms with E-state index in [4.69, 9.17) is 23.2 Å². The van der Waals surface area contributed by atoms with Gasteiger partial charge in [0, 0.05) is 22.1 Å². The fraction of sp³-hybridized carbons (Fsp3) is 0.467. The Hall–Kier alpha value is -0.0700. The van der Waals surface area contributed by atoms with Gasteiger partial charge in [-0.2, -0.15) is 0 Å². The molecular formula is C15H17BrCl2N2OS. The lowest BCUT2D eigenvalue weighted by atomic mass is 10.2. The van der Waals surface area contributed by atoms with Crippen LogP contribution in [-0.4, -0.2) is 13.5 Å². The van der Waals surface area contributed by atoms with E-state index in [0.717, 1.165) is 34.0 Å². The predicted octanol–water partition coefficient (Wildman–Crippen LogP) is 5.21. The maximum absolute atomic E-state index is 12.4. The summed E-state index contributed by atoms with van der Waals surface area (Å²) in [5.74, 6) is 0. The normalized spacial score (nSPS) is 19.6. The average Bonchev–Trinajstić information content (AvgIpc) is 2.95. The predicted molar refractivity (Wildman–Crippen MR) is 98.0 cm³/mol. The second-order valence-corrected chi connectivity index (χ2v) is 10.1. The van der Waals surface area contributed by atoms with Gasteiger partial charge < -0.3 is 4.57 Å². The van der Waals surface area contributed by atoms with Crippen LogP contribution in [0.15, 0.2) is 16.6 Å². The Morgan fingerprint density at radius 2 is 2.05 bits per heavy atom. The first-order valence-electron chi connectivity index (χ1n) is 7.05. The summed E-state index contributed by atoms with van der Waals surface area (Å²) in [7, 11) is -1.11. The summed E-state index contributed by atoms with van der Waals surface area (Å²) in [6.07, 6.45) is 0.896. The van der Waals surface area contributed by atoms with Crippen LogP contribution in [0, 0.1) is 0 Å². The van der Waals surface area contributed by atoms with E-state index in [2.05, 4.69) is 31.3 Å². The van der Waals surface area contributed by atoms with Gasteiger partial charge in [0.2, 0.25) is 0 Å². The molecule has 1 aromatic carbocycles. The Bertz CT molecular complexity index is 782. The highest BCUT2D eigenvalue weighted by Gasteiger charge is 2.30. The fourth-order valence-corrected chi connectivity index (χ4v) is 4.68. The second kappa shape index (κ2) is 5.78. The molecule has 120 valence electrons. The summed E-state index contributed by atoms with van der Waals surface area (Å²) in [6, 6.07) is 3.98. The van der Waals surface area contributed by atoms with Crippen LogP contribution in [0.25, 0.3) is 10.9 Å². The number of hydrogen-bond acceptors (Lipinski definition) is 1. The van der Waals surface area contributed by atoms with Gasteiger partial charge in [0.05, 0.1) is 37.3 Å². The Labute approximate surface area is 151 Å². The number of fused-ring (bicyclic) bond motifs is 3. The van der Waals surface area contributed by atoms with Crippen LogP contribution in [0.5, 0.6) is 0 Å². The van der Waals surface area contributed by atoms with Gasteiger partial charge in [0.25, 0.3) is 0 Å². The lowest BCUT2D eigenvalue weighted by Crippen LogP contribution is -2.35. The number of hydrogen-bond donors (Lipinski definition) is 1. The van der Waals surface area contributed by atoms with Crippen molar-refractivity contribution in [3.63, 3.8) is 0 Å². The smallest absolute Gasteiger partial charge is 0.0976 e. The third-order valence-electron chi connectivity index (χ3n) is 3.86. The molecule has 3 rings (SSSR count). The Morgan fingerprint density at radius 3 is 2.68 bits per heavy atom. The van der Waals surface area contributed by atoms with Crippen molar-refractivity contribution in [3.8, 4) is 0 Å². The molecule has 0 spiro atoms. The molecule has 2 aromatic rings. The molecule has 1 aromatic heterocycles. The van der Waals surface area contributed by atoms with Crippen molar-refractivity contribution in [2.45, 2.75) is 44.5 Å². The zero-order valence-electron chi connectivity index (χ0n) is 12.5. The average molecular weight is 424 g/mol. The fourth-order valence-electron chi connectivity index (χ4n) is 2.71. The van der Waals surface area contributed by atoms with Crippen LogP contribution in [0.3, 0.4) is 0 Å². The second-order valence-electron chi connectivity index (χ2n) is 6.48. The number of nitrogens with one attached hydrogen (secondary N) is 1.